The molecule has 1 unspecified atom stereocenters. The lowest BCUT2D eigenvalue weighted by atomic mass is 10.2. The highest BCUT2D eigenvalue weighted by Gasteiger charge is 2.12. The number of rotatable bonds is 5. The third-order valence-electron chi connectivity index (χ3n) is 2.38. The molecule has 2 heteroatoms. The first-order valence-electron chi connectivity index (χ1n) is 5.78. The van der Waals surface area contributed by atoms with Crippen molar-refractivity contribution in [3.63, 3.8) is 0 Å². The molecule has 0 spiro atoms. The van der Waals surface area contributed by atoms with Gasteiger partial charge in [0, 0.05) is 12.2 Å². The standard InChI is InChI=1S/C15H16O2/c1-2-16-15(13-9-5-3-6-10-13)17-14-11-7-4-8-12-14/h3-12,15H,2H2,1H3. The Morgan fingerprint density at radius 1 is 0.882 bits per heavy atom. The van der Waals surface area contributed by atoms with Crippen LogP contribution in [0.5, 0.6) is 5.75 Å². The Labute approximate surface area is 102 Å². The fraction of sp³-hybridized carbons (Fsp3) is 0.200. The van der Waals surface area contributed by atoms with Crippen LogP contribution in [0.15, 0.2) is 60.7 Å². The molecule has 0 aliphatic rings. The third kappa shape index (κ3) is 3.33. The summed E-state index contributed by atoms with van der Waals surface area (Å²) in [6.07, 6.45) is -0.344. The molecular weight excluding hydrogens is 212 g/mol. The molecule has 0 saturated heterocycles. The third-order valence-corrected chi connectivity index (χ3v) is 2.38. The predicted octanol–water partition coefficient (Wildman–Crippen LogP) is 3.80. The van der Waals surface area contributed by atoms with Gasteiger partial charge in [0.25, 0.3) is 0 Å². The van der Waals surface area contributed by atoms with E-state index in [-0.39, 0.29) is 6.29 Å². The lowest BCUT2D eigenvalue weighted by Gasteiger charge is -2.19. The molecule has 0 saturated carbocycles. The zero-order valence-corrected chi connectivity index (χ0v) is 9.87. The van der Waals surface area contributed by atoms with Gasteiger partial charge in [-0.15, -0.1) is 0 Å². The summed E-state index contributed by atoms with van der Waals surface area (Å²) in [6, 6.07) is 19.7. The number of benzene rings is 2. The van der Waals surface area contributed by atoms with Crippen molar-refractivity contribution in [1.82, 2.24) is 0 Å². The van der Waals surface area contributed by atoms with Crippen LogP contribution in [0, 0.1) is 0 Å². The summed E-state index contributed by atoms with van der Waals surface area (Å²) in [5.41, 5.74) is 1.03. The predicted molar refractivity (Wildman–Crippen MR) is 67.9 cm³/mol. The second-order valence-electron chi connectivity index (χ2n) is 3.63. The lowest BCUT2D eigenvalue weighted by Crippen LogP contribution is -2.11. The van der Waals surface area contributed by atoms with Crippen molar-refractivity contribution >= 4 is 0 Å². The molecule has 0 radical (unpaired) electrons. The van der Waals surface area contributed by atoms with Gasteiger partial charge < -0.3 is 9.47 Å². The van der Waals surface area contributed by atoms with Crippen molar-refractivity contribution < 1.29 is 9.47 Å². The Morgan fingerprint density at radius 3 is 2.06 bits per heavy atom. The molecular formula is C15H16O2. The summed E-state index contributed by atoms with van der Waals surface area (Å²) < 4.78 is 11.4. The van der Waals surface area contributed by atoms with E-state index < -0.39 is 0 Å². The summed E-state index contributed by atoms with van der Waals surface area (Å²) >= 11 is 0. The molecule has 2 nitrogen and oxygen atoms in total. The average molecular weight is 228 g/mol. The van der Waals surface area contributed by atoms with Crippen LogP contribution in [0.25, 0.3) is 0 Å². The van der Waals surface area contributed by atoms with Crippen LogP contribution in [0.3, 0.4) is 0 Å². The summed E-state index contributed by atoms with van der Waals surface area (Å²) in [6.45, 7) is 2.58. The maximum atomic E-state index is 5.82. The summed E-state index contributed by atoms with van der Waals surface area (Å²) in [7, 11) is 0. The summed E-state index contributed by atoms with van der Waals surface area (Å²) in [5.74, 6) is 0.815. The number of hydrogen-bond acceptors (Lipinski definition) is 2. The van der Waals surface area contributed by atoms with E-state index in [9.17, 15) is 0 Å². The average Bonchev–Trinajstić information content (AvgIpc) is 2.40. The van der Waals surface area contributed by atoms with Gasteiger partial charge in [0.2, 0.25) is 6.29 Å². The van der Waals surface area contributed by atoms with Crippen LogP contribution in [0.2, 0.25) is 0 Å². The van der Waals surface area contributed by atoms with Crippen LogP contribution in [-0.4, -0.2) is 6.61 Å². The van der Waals surface area contributed by atoms with Crippen molar-refractivity contribution in [2.24, 2.45) is 0 Å². The van der Waals surface area contributed by atoms with E-state index in [2.05, 4.69) is 0 Å². The maximum Gasteiger partial charge on any atom is 0.226 e. The molecule has 0 aliphatic carbocycles. The molecule has 0 N–H and O–H groups in total. The van der Waals surface area contributed by atoms with Crippen molar-refractivity contribution in [3.05, 3.63) is 66.2 Å². The summed E-state index contributed by atoms with van der Waals surface area (Å²) in [5, 5.41) is 0. The van der Waals surface area contributed by atoms with Gasteiger partial charge in [-0.1, -0.05) is 48.5 Å². The minimum absolute atomic E-state index is 0.344. The van der Waals surface area contributed by atoms with Gasteiger partial charge in [0.05, 0.1) is 0 Å². The number of hydrogen-bond donors (Lipinski definition) is 0. The highest BCUT2D eigenvalue weighted by Crippen LogP contribution is 2.22. The Hall–Kier alpha value is -1.80. The molecule has 1 atom stereocenters. The fourth-order valence-electron chi connectivity index (χ4n) is 1.58. The topological polar surface area (TPSA) is 18.5 Å². The first kappa shape index (κ1) is 11.7. The quantitative estimate of drug-likeness (QED) is 0.725. The summed E-state index contributed by atoms with van der Waals surface area (Å²) in [4.78, 5) is 0. The monoisotopic (exact) mass is 228 g/mol. The molecule has 0 aromatic heterocycles. The van der Waals surface area contributed by atoms with E-state index in [1.165, 1.54) is 0 Å². The lowest BCUT2D eigenvalue weighted by molar-refractivity contribution is -0.0786. The van der Waals surface area contributed by atoms with Crippen molar-refractivity contribution in [2.75, 3.05) is 6.61 Å². The van der Waals surface area contributed by atoms with Gasteiger partial charge >= 0.3 is 0 Å². The second kappa shape index (κ2) is 6.06. The molecule has 88 valence electrons. The molecule has 2 rings (SSSR count). The Balaban J connectivity index is 2.13. The zero-order valence-electron chi connectivity index (χ0n) is 9.87. The van der Waals surface area contributed by atoms with Crippen LogP contribution < -0.4 is 4.74 Å². The maximum absolute atomic E-state index is 5.82. The minimum Gasteiger partial charge on any atom is -0.461 e. The molecule has 0 amide bonds. The normalized spacial score (nSPS) is 12.1. The Morgan fingerprint density at radius 2 is 1.47 bits per heavy atom. The first-order chi connectivity index (χ1) is 8.40. The Kier molecular flexibility index (Phi) is 4.17. The van der Waals surface area contributed by atoms with E-state index in [1.807, 2.05) is 67.6 Å². The molecule has 2 aromatic rings. The Bertz CT molecular complexity index is 425. The molecule has 17 heavy (non-hydrogen) atoms. The van der Waals surface area contributed by atoms with Gasteiger partial charge in [0.15, 0.2) is 0 Å². The van der Waals surface area contributed by atoms with Gasteiger partial charge in [-0.25, -0.2) is 0 Å². The minimum atomic E-state index is -0.344. The zero-order chi connectivity index (χ0) is 11.9. The smallest absolute Gasteiger partial charge is 0.226 e. The molecule has 0 fully saturated rings. The SMILES string of the molecule is CCOC(Oc1ccccc1)c1ccccc1. The first-order valence-corrected chi connectivity index (χ1v) is 5.78. The van der Waals surface area contributed by atoms with Crippen LogP contribution in [0.4, 0.5) is 0 Å². The van der Waals surface area contributed by atoms with Crippen molar-refractivity contribution in [3.8, 4) is 5.75 Å². The largest absolute Gasteiger partial charge is 0.461 e. The molecule has 2 aromatic carbocycles. The highest BCUT2D eigenvalue weighted by molar-refractivity contribution is 5.23. The van der Waals surface area contributed by atoms with E-state index >= 15 is 0 Å². The van der Waals surface area contributed by atoms with Crippen LogP contribution >= 0.6 is 0 Å². The van der Waals surface area contributed by atoms with E-state index in [0.717, 1.165) is 11.3 Å². The van der Waals surface area contributed by atoms with Crippen LogP contribution in [-0.2, 0) is 4.74 Å². The van der Waals surface area contributed by atoms with E-state index in [1.54, 1.807) is 0 Å². The van der Waals surface area contributed by atoms with Gasteiger partial charge in [0.1, 0.15) is 5.75 Å². The molecule has 0 bridgehead atoms. The van der Waals surface area contributed by atoms with Crippen LogP contribution in [0.1, 0.15) is 18.8 Å². The van der Waals surface area contributed by atoms with Crippen molar-refractivity contribution in [1.29, 1.82) is 0 Å². The molecule has 0 aliphatic heterocycles. The van der Waals surface area contributed by atoms with E-state index in [4.69, 9.17) is 9.47 Å². The van der Waals surface area contributed by atoms with Gasteiger partial charge in [-0.2, -0.15) is 0 Å². The number of ether oxygens (including phenoxy) is 2. The fourth-order valence-corrected chi connectivity index (χ4v) is 1.58. The van der Waals surface area contributed by atoms with E-state index in [0.29, 0.717) is 6.61 Å². The van der Waals surface area contributed by atoms with Gasteiger partial charge in [-0.05, 0) is 19.1 Å². The number of para-hydroxylation sites is 1. The van der Waals surface area contributed by atoms with Gasteiger partial charge in [-0.3, -0.25) is 0 Å². The van der Waals surface area contributed by atoms with Crippen molar-refractivity contribution in [2.45, 2.75) is 13.2 Å². The second-order valence-corrected chi connectivity index (χ2v) is 3.63. The highest BCUT2D eigenvalue weighted by atomic mass is 16.7. The molecule has 0 heterocycles.